The zero-order valence-electron chi connectivity index (χ0n) is 11.7. The van der Waals surface area contributed by atoms with E-state index in [4.69, 9.17) is 15.2 Å². The maximum absolute atomic E-state index is 5.85. The Morgan fingerprint density at radius 1 is 1.28 bits per heavy atom. The van der Waals surface area contributed by atoms with Crippen LogP contribution in [0.15, 0.2) is 18.2 Å². The second-order valence-corrected chi connectivity index (χ2v) is 4.28. The van der Waals surface area contributed by atoms with Crippen LogP contribution in [0, 0.1) is 5.92 Å². The maximum atomic E-state index is 5.85. The largest absolute Gasteiger partial charge is 0.497 e. The molecule has 0 heterocycles. The van der Waals surface area contributed by atoms with Crippen LogP contribution >= 0.6 is 0 Å². The van der Waals surface area contributed by atoms with Gasteiger partial charge in [-0.2, -0.15) is 0 Å². The summed E-state index contributed by atoms with van der Waals surface area (Å²) in [4.78, 5) is 0. The Morgan fingerprint density at radius 3 is 2.44 bits per heavy atom. The molecule has 2 unspecified atom stereocenters. The summed E-state index contributed by atoms with van der Waals surface area (Å²) in [5.74, 6) is 2.07. The Hall–Kier alpha value is -1.26. The van der Waals surface area contributed by atoms with E-state index >= 15 is 0 Å². The number of hydrogen-bond acceptors (Lipinski definition) is 4. The van der Waals surface area contributed by atoms with Crippen LogP contribution in [0.25, 0.3) is 0 Å². The number of ether oxygens (including phenoxy) is 2. The van der Waals surface area contributed by atoms with Crippen LogP contribution in [-0.4, -0.2) is 27.8 Å². The summed E-state index contributed by atoms with van der Waals surface area (Å²) in [5, 5.41) is 3.33. The summed E-state index contributed by atoms with van der Waals surface area (Å²) in [6.07, 6.45) is 1.02. The quantitative estimate of drug-likeness (QED) is 0.779. The van der Waals surface area contributed by atoms with Crippen molar-refractivity contribution in [2.24, 2.45) is 11.7 Å². The van der Waals surface area contributed by atoms with E-state index in [0.717, 1.165) is 23.5 Å². The second-order valence-electron chi connectivity index (χ2n) is 4.28. The van der Waals surface area contributed by atoms with Crippen molar-refractivity contribution in [1.29, 1.82) is 0 Å². The minimum Gasteiger partial charge on any atom is -0.497 e. The van der Waals surface area contributed by atoms with Crippen LogP contribution in [0.5, 0.6) is 11.5 Å². The Labute approximate surface area is 109 Å². The second kappa shape index (κ2) is 7.24. The third kappa shape index (κ3) is 3.15. The molecule has 1 aromatic carbocycles. The molecule has 0 fully saturated rings. The molecule has 18 heavy (non-hydrogen) atoms. The maximum Gasteiger partial charge on any atom is 0.123 e. The molecule has 0 aliphatic carbocycles. The molecule has 0 aliphatic rings. The van der Waals surface area contributed by atoms with E-state index in [0.29, 0.717) is 12.5 Å². The summed E-state index contributed by atoms with van der Waals surface area (Å²) in [6, 6.07) is 6.02. The number of nitrogens with two attached hydrogens (primary N) is 1. The van der Waals surface area contributed by atoms with Crippen molar-refractivity contribution in [3.05, 3.63) is 23.8 Å². The average molecular weight is 252 g/mol. The van der Waals surface area contributed by atoms with Crippen LogP contribution in [0.4, 0.5) is 0 Å². The lowest BCUT2D eigenvalue weighted by Gasteiger charge is -2.27. The molecule has 0 amide bonds. The number of rotatable bonds is 7. The van der Waals surface area contributed by atoms with Crippen LogP contribution < -0.4 is 20.5 Å². The fourth-order valence-corrected chi connectivity index (χ4v) is 2.27. The molecule has 0 aliphatic heterocycles. The predicted molar refractivity (Wildman–Crippen MR) is 74.2 cm³/mol. The van der Waals surface area contributed by atoms with Gasteiger partial charge in [0.2, 0.25) is 0 Å². The topological polar surface area (TPSA) is 56.5 Å². The molecule has 0 spiro atoms. The van der Waals surface area contributed by atoms with E-state index in [1.165, 1.54) is 0 Å². The van der Waals surface area contributed by atoms with Crippen molar-refractivity contribution in [3.8, 4) is 11.5 Å². The van der Waals surface area contributed by atoms with E-state index < -0.39 is 0 Å². The van der Waals surface area contributed by atoms with Gasteiger partial charge in [-0.05, 0) is 37.7 Å². The van der Waals surface area contributed by atoms with Gasteiger partial charge in [-0.1, -0.05) is 13.3 Å². The van der Waals surface area contributed by atoms with E-state index in [1.54, 1.807) is 14.2 Å². The van der Waals surface area contributed by atoms with E-state index in [1.807, 2.05) is 25.2 Å². The first-order valence-electron chi connectivity index (χ1n) is 6.31. The molecule has 0 saturated carbocycles. The van der Waals surface area contributed by atoms with Crippen molar-refractivity contribution in [2.75, 3.05) is 27.8 Å². The van der Waals surface area contributed by atoms with Crippen molar-refractivity contribution in [3.63, 3.8) is 0 Å². The van der Waals surface area contributed by atoms with Gasteiger partial charge in [0, 0.05) is 11.6 Å². The van der Waals surface area contributed by atoms with Crippen LogP contribution in [-0.2, 0) is 0 Å². The molecule has 4 heteroatoms. The minimum atomic E-state index is 0.171. The zero-order chi connectivity index (χ0) is 13.5. The van der Waals surface area contributed by atoms with E-state index in [2.05, 4.69) is 12.2 Å². The Morgan fingerprint density at radius 2 is 2.00 bits per heavy atom. The lowest BCUT2D eigenvalue weighted by molar-refractivity contribution is 0.349. The van der Waals surface area contributed by atoms with Gasteiger partial charge in [-0.25, -0.2) is 0 Å². The van der Waals surface area contributed by atoms with Gasteiger partial charge < -0.3 is 20.5 Å². The van der Waals surface area contributed by atoms with Crippen molar-refractivity contribution < 1.29 is 9.47 Å². The molecule has 1 aromatic rings. The van der Waals surface area contributed by atoms with Gasteiger partial charge in [0.25, 0.3) is 0 Å². The van der Waals surface area contributed by atoms with Gasteiger partial charge in [0.1, 0.15) is 11.5 Å². The van der Waals surface area contributed by atoms with Gasteiger partial charge in [0.15, 0.2) is 0 Å². The third-order valence-corrected chi connectivity index (χ3v) is 3.38. The summed E-state index contributed by atoms with van der Waals surface area (Å²) < 4.78 is 10.7. The molecular weight excluding hydrogens is 228 g/mol. The average Bonchev–Trinajstić information content (AvgIpc) is 2.43. The normalized spacial score (nSPS) is 14.1. The third-order valence-electron chi connectivity index (χ3n) is 3.38. The first kappa shape index (κ1) is 14.8. The Kier molecular flexibility index (Phi) is 5.95. The molecule has 0 bridgehead atoms. The van der Waals surface area contributed by atoms with Crippen LogP contribution in [0.1, 0.15) is 24.9 Å². The van der Waals surface area contributed by atoms with Gasteiger partial charge in [-0.3, -0.25) is 0 Å². The smallest absolute Gasteiger partial charge is 0.123 e. The molecule has 2 atom stereocenters. The minimum absolute atomic E-state index is 0.171. The highest BCUT2D eigenvalue weighted by atomic mass is 16.5. The lowest BCUT2D eigenvalue weighted by Crippen LogP contribution is -2.30. The van der Waals surface area contributed by atoms with Crippen molar-refractivity contribution in [2.45, 2.75) is 19.4 Å². The summed E-state index contributed by atoms with van der Waals surface area (Å²) in [6.45, 7) is 2.79. The van der Waals surface area contributed by atoms with Crippen molar-refractivity contribution in [1.82, 2.24) is 5.32 Å². The fraction of sp³-hybridized carbons (Fsp3) is 0.571. The van der Waals surface area contributed by atoms with Crippen molar-refractivity contribution >= 4 is 0 Å². The van der Waals surface area contributed by atoms with Gasteiger partial charge in [-0.15, -0.1) is 0 Å². The van der Waals surface area contributed by atoms with E-state index in [-0.39, 0.29) is 6.04 Å². The summed E-state index contributed by atoms with van der Waals surface area (Å²) >= 11 is 0. The molecule has 0 aromatic heterocycles. The molecular formula is C14H24N2O2. The monoisotopic (exact) mass is 252 g/mol. The highest BCUT2D eigenvalue weighted by molar-refractivity contribution is 5.42. The molecule has 4 nitrogen and oxygen atoms in total. The molecule has 3 N–H and O–H groups in total. The zero-order valence-corrected chi connectivity index (χ0v) is 11.7. The standard InChI is InChI=1S/C14H24N2O2/c1-5-10(9-15)14(16-2)12-8-11(17-3)6-7-13(12)18-4/h6-8,10,14,16H,5,9,15H2,1-4H3. The summed E-state index contributed by atoms with van der Waals surface area (Å²) in [7, 11) is 5.30. The first-order chi connectivity index (χ1) is 8.71. The lowest BCUT2D eigenvalue weighted by atomic mass is 9.90. The number of nitrogens with one attached hydrogen (secondary N) is 1. The molecule has 0 saturated heterocycles. The van der Waals surface area contributed by atoms with Gasteiger partial charge in [0.05, 0.1) is 14.2 Å². The number of hydrogen-bond donors (Lipinski definition) is 2. The SMILES string of the molecule is CCC(CN)C(NC)c1cc(OC)ccc1OC. The first-order valence-corrected chi connectivity index (χ1v) is 6.31. The molecule has 1 rings (SSSR count). The predicted octanol–water partition coefficient (Wildman–Crippen LogP) is 1.95. The van der Waals surface area contributed by atoms with Crippen LogP contribution in [0.3, 0.4) is 0 Å². The Bertz CT molecular complexity index is 365. The van der Waals surface area contributed by atoms with Gasteiger partial charge >= 0.3 is 0 Å². The highest BCUT2D eigenvalue weighted by Gasteiger charge is 2.22. The number of methoxy groups -OCH3 is 2. The van der Waals surface area contributed by atoms with E-state index in [9.17, 15) is 0 Å². The number of benzene rings is 1. The summed E-state index contributed by atoms with van der Waals surface area (Å²) in [5.41, 5.74) is 6.94. The molecule has 102 valence electrons. The fourth-order valence-electron chi connectivity index (χ4n) is 2.27. The van der Waals surface area contributed by atoms with Crippen LogP contribution in [0.2, 0.25) is 0 Å². The highest BCUT2D eigenvalue weighted by Crippen LogP contribution is 2.33. The Balaban J connectivity index is 3.16. The molecule has 0 radical (unpaired) electrons.